The van der Waals surface area contributed by atoms with Crippen LogP contribution in [0.3, 0.4) is 0 Å². The predicted molar refractivity (Wildman–Crippen MR) is 121 cm³/mol. The molecule has 5 rings (SSSR count). The zero-order valence-corrected chi connectivity index (χ0v) is 18.6. The molecule has 0 bridgehead atoms. The van der Waals surface area contributed by atoms with Gasteiger partial charge in [0.05, 0.1) is 60.5 Å². The maximum Gasteiger partial charge on any atom is 0.256 e. The minimum atomic E-state index is -0.119. The highest BCUT2D eigenvalue weighted by atomic mass is 16.5. The van der Waals surface area contributed by atoms with E-state index in [9.17, 15) is 4.79 Å². The van der Waals surface area contributed by atoms with Crippen LogP contribution in [0, 0.1) is 6.92 Å². The molecule has 1 amide bonds. The molecule has 2 atom stereocenters. The second-order valence-electron chi connectivity index (χ2n) is 8.17. The molecule has 9 nitrogen and oxygen atoms in total. The minimum Gasteiger partial charge on any atom is -0.375 e. The van der Waals surface area contributed by atoms with E-state index in [4.69, 9.17) is 4.74 Å². The monoisotopic (exact) mass is 443 g/mol. The van der Waals surface area contributed by atoms with E-state index in [1.54, 1.807) is 29.6 Å². The highest BCUT2D eigenvalue weighted by Crippen LogP contribution is 2.25. The van der Waals surface area contributed by atoms with E-state index in [0.717, 1.165) is 16.8 Å². The van der Waals surface area contributed by atoms with Crippen molar-refractivity contribution >= 4 is 5.91 Å². The van der Waals surface area contributed by atoms with Crippen LogP contribution in [0.25, 0.3) is 11.4 Å². The number of rotatable bonds is 5. The number of morpholine rings is 1. The van der Waals surface area contributed by atoms with E-state index in [-0.39, 0.29) is 18.1 Å². The summed E-state index contributed by atoms with van der Waals surface area (Å²) in [5, 5.41) is 16.9. The summed E-state index contributed by atoms with van der Waals surface area (Å²) in [6.07, 6.45) is 7.06. The average molecular weight is 444 g/mol. The molecule has 0 aliphatic carbocycles. The number of ether oxygens (including phenoxy) is 1. The van der Waals surface area contributed by atoms with Crippen LogP contribution >= 0.6 is 0 Å². The topological polar surface area (TPSA) is 91.0 Å². The summed E-state index contributed by atoms with van der Waals surface area (Å²) in [7, 11) is 0. The first-order valence-electron chi connectivity index (χ1n) is 11.0. The van der Waals surface area contributed by atoms with Gasteiger partial charge in [0.25, 0.3) is 5.91 Å². The van der Waals surface area contributed by atoms with E-state index < -0.39 is 0 Å². The fourth-order valence-corrected chi connectivity index (χ4v) is 4.28. The van der Waals surface area contributed by atoms with Gasteiger partial charge in [0.15, 0.2) is 0 Å². The number of carbonyl (C=O) groups is 1. The summed E-state index contributed by atoms with van der Waals surface area (Å²) in [5.41, 5.74) is 4.22. The molecule has 0 spiro atoms. The maximum atomic E-state index is 13.8. The van der Waals surface area contributed by atoms with Crippen LogP contribution < -0.4 is 0 Å². The van der Waals surface area contributed by atoms with Crippen molar-refractivity contribution < 1.29 is 9.53 Å². The molecule has 4 aromatic rings. The predicted octanol–water partition coefficient (Wildman–Crippen LogP) is 2.63. The first-order chi connectivity index (χ1) is 16.1. The zero-order chi connectivity index (χ0) is 22.8. The number of aromatic nitrogens is 6. The zero-order valence-electron chi connectivity index (χ0n) is 18.6. The lowest BCUT2D eigenvalue weighted by molar-refractivity contribution is -0.0496. The fraction of sp³-hybridized carbons (Fsp3) is 0.292. The Hall–Kier alpha value is -3.85. The van der Waals surface area contributed by atoms with Crippen LogP contribution in [-0.2, 0) is 11.2 Å². The minimum absolute atomic E-state index is 0.0453. The van der Waals surface area contributed by atoms with Gasteiger partial charge in [-0.15, -0.1) is 0 Å². The van der Waals surface area contributed by atoms with Crippen LogP contribution in [0.2, 0.25) is 0 Å². The van der Waals surface area contributed by atoms with Crippen molar-refractivity contribution in [3.05, 3.63) is 83.9 Å². The van der Waals surface area contributed by atoms with Crippen molar-refractivity contribution in [3.63, 3.8) is 0 Å². The molecule has 1 aliphatic rings. The van der Waals surface area contributed by atoms with Crippen LogP contribution in [0.4, 0.5) is 0 Å². The Morgan fingerprint density at radius 2 is 1.73 bits per heavy atom. The number of hydrogen-bond donors (Lipinski definition) is 0. The molecule has 1 aliphatic heterocycles. The summed E-state index contributed by atoms with van der Waals surface area (Å²) in [5.74, 6) is -0.0453. The number of hydrogen-bond acceptors (Lipinski definition) is 6. The molecular weight excluding hydrogens is 418 g/mol. The van der Waals surface area contributed by atoms with Gasteiger partial charge in [-0.3, -0.25) is 4.79 Å². The maximum absolute atomic E-state index is 13.8. The third-order valence-electron chi connectivity index (χ3n) is 5.94. The van der Waals surface area contributed by atoms with Crippen molar-refractivity contribution in [2.75, 3.05) is 13.2 Å². The summed E-state index contributed by atoms with van der Waals surface area (Å²) in [6.45, 7) is 5.02. The second-order valence-corrected chi connectivity index (χ2v) is 8.17. The smallest absolute Gasteiger partial charge is 0.256 e. The SMILES string of the molecule is Cc1ccc(-n2nccn2)c(C(=O)N2CCO[C@@H](C)[C@H]2Cc2cccc(-n3nccn3)c2)c1. The molecule has 3 heterocycles. The van der Waals surface area contributed by atoms with Gasteiger partial charge >= 0.3 is 0 Å². The van der Waals surface area contributed by atoms with E-state index >= 15 is 0 Å². The van der Waals surface area contributed by atoms with Gasteiger partial charge in [0.2, 0.25) is 0 Å². The lowest BCUT2D eigenvalue weighted by atomic mass is 9.97. The lowest BCUT2D eigenvalue weighted by Gasteiger charge is -2.40. The van der Waals surface area contributed by atoms with Gasteiger partial charge < -0.3 is 9.64 Å². The van der Waals surface area contributed by atoms with E-state index in [1.807, 2.05) is 49.1 Å². The Bertz CT molecular complexity index is 1240. The number of aryl methyl sites for hydroxylation is 1. The summed E-state index contributed by atoms with van der Waals surface area (Å²) in [4.78, 5) is 18.8. The molecule has 9 heteroatoms. The molecule has 33 heavy (non-hydrogen) atoms. The fourth-order valence-electron chi connectivity index (χ4n) is 4.28. The molecular formula is C24H25N7O2. The first-order valence-corrected chi connectivity index (χ1v) is 11.0. The molecule has 2 aromatic heterocycles. The van der Waals surface area contributed by atoms with Crippen LogP contribution in [0.5, 0.6) is 0 Å². The Morgan fingerprint density at radius 1 is 1.00 bits per heavy atom. The normalized spacial score (nSPS) is 18.4. The van der Waals surface area contributed by atoms with Crippen molar-refractivity contribution in [2.45, 2.75) is 32.4 Å². The van der Waals surface area contributed by atoms with Crippen LogP contribution in [0.15, 0.2) is 67.3 Å². The highest BCUT2D eigenvalue weighted by Gasteiger charge is 2.34. The quantitative estimate of drug-likeness (QED) is 0.471. The lowest BCUT2D eigenvalue weighted by Crippen LogP contribution is -2.54. The van der Waals surface area contributed by atoms with Gasteiger partial charge in [0, 0.05) is 6.54 Å². The van der Waals surface area contributed by atoms with Gasteiger partial charge in [0.1, 0.15) is 0 Å². The van der Waals surface area contributed by atoms with Gasteiger partial charge in [-0.1, -0.05) is 23.8 Å². The van der Waals surface area contributed by atoms with Crippen LogP contribution in [0.1, 0.15) is 28.4 Å². The number of benzene rings is 2. The van der Waals surface area contributed by atoms with Gasteiger partial charge in [-0.25, -0.2) is 0 Å². The first kappa shape index (κ1) is 21.0. The largest absolute Gasteiger partial charge is 0.375 e. The van der Waals surface area contributed by atoms with Crippen molar-refractivity contribution in [2.24, 2.45) is 0 Å². The second kappa shape index (κ2) is 8.95. The van der Waals surface area contributed by atoms with E-state index in [0.29, 0.717) is 30.8 Å². The Kier molecular flexibility index (Phi) is 5.70. The third-order valence-corrected chi connectivity index (χ3v) is 5.94. The van der Waals surface area contributed by atoms with Crippen LogP contribution in [-0.4, -0.2) is 66.1 Å². The molecule has 1 fully saturated rings. The molecule has 0 saturated carbocycles. The Morgan fingerprint density at radius 3 is 2.48 bits per heavy atom. The highest BCUT2D eigenvalue weighted by molar-refractivity contribution is 5.98. The number of carbonyl (C=O) groups excluding carboxylic acids is 1. The molecule has 0 N–H and O–H groups in total. The van der Waals surface area contributed by atoms with Gasteiger partial charge in [-0.05, 0) is 50.1 Å². The molecule has 168 valence electrons. The Labute approximate surface area is 191 Å². The number of amides is 1. The van der Waals surface area contributed by atoms with E-state index in [2.05, 4.69) is 32.5 Å². The summed E-state index contributed by atoms with van der Waals surface area (Å²) in [6, 6.07) is 13.7. The third kappa shape index (κ3) is 4.27. The standard InChI is InChI=1S/C24H25N7O2/c1-17-6-7-22(31-27-10-11-28-31)21(14-17)24(32)29-12-13-33-18(2)23(29)16-19-4-3-5-20(15-19)30-25-8-9-26-30/h3-11,14-15,18,23H,12-13,16H2,1-2H3/t18-,23+/m0/s1. The average Bonchev–Trinajstić information content (AvgIpc) is 3.55. The summed E-state index contributed by atoms with van der Waals surface area (Å²) < 4.78 is 5.95. The number of nitrogens with zero attached hydrogens (tertiary/aromatic N) is 7. The molecule has 0 radical (unpaired) electrons. The summed E-state index contributed by atoms with van der Waals surface area (Å²) >= 11 is 0. The van der Waals surface area contributed by atoms with Crippen molar-refractivity contribution in [3.8, 4) is 11.4 Å². The van der Waals surface area contributed by atoms with Crippen molar-refractivity contribution in [1.29, 1.82) is 0 Å². The molecule has 2 aromatic carbocycles. The molecule has 0 unspecified atom stereocenters. The van der Waals surface area contributed by atoms with Crippen molar-refractivity contribution in [1.82, 2.24) is 34.9 Å². The Balaban J connectivity index is 1.46. The van der Waals surface area contributed by atoms with E-state index in [1.165, 1.54) is 4.80 Å². The molecule has 1 saturated heterocycles. The van der Waals surface area contributed by atoms with Gasteiger partial charge in [-0.2, -0.15) is 30.0 Å².